The highest BCUT2D eigenvalue weighted by Crippen LogP contribution is 2.44. The molecule has 0 aromatic heterocycles. The van der Waals surface area contributed by atoms with Crippen LogP contribution in [0.3, 0.4) is 0 Å². The predicted octanol–water partition coefficient (Wildman–Crippen LogP) is 6.14. The van der Waals surface area contributed by atoms with Gasteiger partial charge in [0.2, 0.25) is 0 Å². The molecule has 1 aliphatic carbocycles. The van der Waals surface area contributed by atoms with Gasteiger partial charge in [0.1, 0.15) is 5.60 Å². The van der Waals surface area contributed by atoms with E-state index >= 15 is 0 Å². The first kappa shape index (κ1) is 19.3. The van der Waals surface area contributed by atoms with E-state index in [4.69, 9.17) is 5.73 Å². The van der Waals surface area contributed by atoms with Crippen LogP contribution >= 0.6 is 0 Å². The molecule has 0 heterocycles. The fraction of sp³-hybridized carbons (Fsp3) is 0.286. The summed E-state index contributed by atoms with van der Waals surface area (Å²) in [5.74, 6) is 0.307. The number of rotatable bonds is 4. The molecule has 3 N–H and O–H groups in total. The van der Waals surface area contributed by atoms with Crippen molar-refractivity contribution in [3.05, 3.63) is 96.1 Å². The summed E-state index contributed by atoms with van der Waals surface area (Å²) in [5, 5.41) is 17.0. The van der Waals surface area contributed by atoms with Crippen molar-refractivity contribution in [3.63, 3.8) is 0 Å². The number of fused-ring (bicyclic) bond motifs is 2. The average molecular weight is 396 g/mol. The largest absolute Gasteiger partial charge is 0.379 e. The van der Waals surface area contributed by atoms with Gasteiger partial charge < -0.3 is 10.8 Å². The lowest BCUT2D eigenvalue weighted by atomic mass is 9.69. The van der Waals surface area contributed by atoms with Crippen molar-refractivity contribution >= 4 is 21.5 Å². The Bertz CT molecular complexity index is 1090. The van der Waals surface area contributed by atoms with Crippen LogP contribution in [-0.4, -0.2) is 11.1 Å². The van der Waals surface area contributed by atoms with Crippen molar-refractivity contribution < 1.29 is 5.11 Å². The SMILES string of the molecule is N[C@H](C1CCCCC1)C(O)(c1cccc2ccccc12)c1cccc2ccccc12. The zero-order valence-electron chi connectivity index (χ0n) is 17.3. The van der Waals surface area contributed by atoms with E-state index in [1.54, 1.807) is 0 Å². The van der Waals surface area contributed by atoms with Crippen LogP contribution in [0.1, 0.15) is 43.2 Å². The highest BCUT2D eigenvalue weighted by atomic mass is 16.3. The van der Waals surface area contributed by atoms with E-state index in [1.807, 2.05) is 36.4 Å². The van der Waals surface area contributed by atoms with Crippen LogP contribution in [0, 0.1) is 5.92 Å². The summed E-state index contributed by atoms with van der Waals surface area (Å²) < 4.78 is 0. The van der Waals surface area contributed by atoms with Crippen molar-refractivity contribution in [2.24, 2.45) is 11.7 Å². The van der Waals surface area contributed by atoms with E-state index < -0.39 is 5.60 Å². The smallest absolute Gasteiger partial charge is 0.131 e. The van der Waals surface area contributed by atoms with Crippen LogP contribution in [-0.2, 0) is 5.60 Å². The first-order valence-corrected chi connectivity index (χ1v) is 11.1. The predicted molar refractivity (Wildman–Crippen MR) is 125 cm³/mol. The number of nitrogens with two attached hydrogens (primary N) is 1. The lowest BCUT2D eigenvalue weighted by molar-refractivity contribution is 0.0244. The number of hydrogen-bond donors (Lipinski definition) is 2. The molecule has 1 saturated carbocycles. The second kappa shape index (κ2) is 7.86. The first-order valence-electron chi connectivity index (χ1n) is 11.1. The van der Waals surface area contributed by atoms with Crippen LogP contribution in [0.4, 0.5) is 0 Å². The van der Waals surface area contributed by atoms with E-state index in [9.17, 15) is 5.11 Å². The summed E-state index contributed by atoms with van der Waals surface area (Å²) in [6, 6.07) is 28.7. The van der Waals surface area contributed by atoms with E-state index in [0.717, 1.165) is 45.5 Å². The number of aliphatic hydroxyl groups is 1. The molecule has 0 unspecified atom stereocenters. The molecule has 30 heavy (non-hydrogen) atoms. The van der Waals surface area contributed by atoms with Gasteiger partial charge in [-0.1, -0.05) is 104 Å². The molecule has 0 radical (unpaired) electrons. The van der Waals surface area contributed by atoms with Crippen molar-refractivity contribution in [1.29, 1.82) is 0 Å². The van der Waals surface area contributed by atoms with E-state index in [-0.39, 0.29) is 6.04 Å². The summed E-state index contributed by atoms with van der Waals surface area (Å²) in [6.45, 7) is 0. The highest BCUT2D eigenvalue weighted by molar-refractivity contribution is 5.91. The average Bonchev–Trinajstić information content (AvgIpc) is 2.83. The van der Waals surface area contributed by atoms with Gasteiger partial charge in [-0.15, -0.1) is 0 Å². The topological polar surface area (TPSA) is 46.2 Å². The van der Waals surface area contributed by atoms with Crippen LogP contribution in [0.2, 0.25) is 0 Å². The highest BCUT2D eigenvalue weighted by Gasteiger charge is 2.44. The van der Waals surface area contributed by atoms with Crippen molar-refractivity contribution in [3.8, 4) is 0 Å². The third kappa shape index (κ3) is 3.12. The third-order valence-electron chi connectivity index (χ3n) is 7.04. The van der Waals surface area contributed by atoms with Crippen LogP contribution < -0.4 is 5.73 Å². The van der Waals surface area contributed by atoms with E-state index in [1.165, 1.54) is 19.3 Å². The van der Waals surface area contributed by atoms with Crippen LogP contribution in [0.15, 0.2) is 84.9 Å². The molecule has 2 nitrogen and oxygen atoms in total. The molecule has 4 aromatic rings. The van der Waals surface area contributed by atoms with E-state index in [2.05, 4.69) is 48.5 Å². The normalized spacial score (nSPS) is 16.7. The molecule has 1 atom stereocenters. The standard InChI is InChI=1S/C28H29NO/c29-27(22-12-2-1-3-13-22)28(30,25-18-8-14-20-10-4-6-16-23(20)25)26-19-9-15-21-11-5-7-17-24(21)26/h4-11,14-19,22,27,30H,1-3,12-13,29H2/t27-/m1/s1. The summed E-state index contributed by atoms with van der Waals surface area (Å²) in [6.07, 6.45) is 5.82. The summed E-state index contributed by atoms with van der Waals surface area (Å²) >= 11 is 0. The van der Waals surface area contributed by atoms with Gasteiger partial charge in [-0.05, 0) is 51.4 Å². The maximum atomic E-state index is 12.6. The molecular weight excluding hydrogens is 366 g/mol. The zero-order chi connectivity index (χ0) is 20.6. The van der Waals surface area contributed by atoms with Gasteiger partial charge in [-0.2, -0.15) is 0 Å². The second-order valence-electron chi connectivity index (χ2n) is 8.74. The minimum Gasteiger partial charge on any atom is -0.379 e. The molecule has 0 bridgehead atoms. The van der Waals surface area contributed by atoms with Crippen molar-refractivity contribution in [1.82, 2.24) is 0 Å². The Hall–Kier alpha value is -2.68. The monoisotopic (exact) mass is 395 g/mol. The molecule has 0 aliphatic heterocycles. The van der Waals surface area contributed by atoms with Gasteiger partial charge in [0, 0.05) is 6.04 Å². The van der Waals surface area contributed by atoms with Crippen molar-refractivity contribution in [2.45, 2.75) is 43.7 Å². The quantitative estimate of drug-likeness (QED) is 0.436. The summed E-state index contributed by atoms with van der Waals surface area (Å²) in [4.78, 5) is 0. The van der Waals surface area contributed by atoms with Gasteiger partial charge in [0.25, 0.3) is 0 Å². The maximum Gasteiger partial charge on any atom is 0.131 e. The Morgan fingerprint density at radius 1 is 0.667 bits per heavy atom. The van der Waals surface area contributed by atoms with Gasteiger partial charge in [0.05, 0.1) is 0 Å². The Kier molecular flexibility index (Phi) is 5.06. The lowest BCUT2D eigenvalue weighted by Gasteiger charge is -2.42. The fourth-order valence-electron chi connectivity index (χ4n) is 5.45. The molecular formula is C28H29NO. The summed E-state index contributed by atoms with van der Waals surface area (Å²) in [5.41, 5.74) is 7.59. The van der Waals surface area contributed by atoms with Gasteiger partial charge in [-0.3, -0.25) is 0 Å². The Morgan fingerprint density at radius 3 is 1.67 bits per heavy atom. The third-order valence-corrected chi connectivity index (χ3v) is 7.04. The maximum absolute atomic E-state index is 12.6. The molecule has 0 saturated heterocycles. The van der Waals surface area contributed by atoms with Crippen LogP contribution in [0.25, 0.3) is 21.5 Å². The molecule has 5 rings (SSSR count). The molecule has 0 spiro atoms. The van der Waals surface area contributed by atoms with Gasteiger partial charge in [0.15, 0.2) is 0 Å². The Labute approximate surface area is 178 Å². The van der Waals surface area contributed by atoms with Gasteiger partial charge in [-0.25, -0.2) is 0 Å². The van der Waals surface area contributed by atoms with Crippen LogP contribution in [0.5, 0.6) is 0 Å². The molecule has 4 aromatic carbocycles. The molecule has 0 amide bonds. The summed E-state index contributed by atoms with van der Waals surface area (Å²) in [7, 11) is 0. The number of benzene rings is 4. The fourth-order valence-corrected chi connectivity index (χ4v) is 5.45. The number of hydrogen-bond acceptors (Lipinski definition) is 2. The Morgan fingerprint density at radius 2 is 1.13 bits per heavy atom. The minimum absolute atomic E-state index is 0.307. The molecule has 1 fully saturated rings. The minimum atomic E-state index is -1.26. The first-order chi connectivity index (χ1) is 14.7. The van der Waals surface area contributed by atoms with E-state index in [0.29, 0.717) is 5.92 Å². The van der Waals surface area contributed by atoms with Gasteiger partial charge >= 0.3 is 0 Å². The zero-order valence-corrected chi connectivity index (χ0v) is 17.3. The molecule has 152 valence electrons. The molecule has 2 heteroatoms. The molecule has 1 aliphatic rings. The Balaban J connectivity index is 1.79. The van der Waals surface area contributed by atoms with Crippen molar-refractivity contribution in [2.75, 3.05) is 0 Å². The second-order valence-corrected chi connectivity index (χ2v) is 8.74. The lowest BCUT2D eigenvalue weighted by Crippen LogP contribution is -2.51.